The maximum absolute atomic E-state index is 3.72. The van der Waals surface area contributed by atoms with Crippen LogP contribution < -0.4 is 0 Å². The molecule has 0 aromatic heterocycles. The summed E-state index contributed by atoms with van der Waals surface area (Å²) < 4.78 is 0. The first-order chi connectivity index (χ1) is 6.24. The van der Waals surface area contributed by atoms with Gasteiger partial charge >= 0.3 is 0 Å². The Bertz CT molecular complexity index is 293. The van der Waals surface area contributed by atoms with Gasteiger partial charge in [0.1, 0.15) is 0 Å². The van der Waals surface area contributed by atoms with Gasteiger partial charge in [-0.2, -0.15) is 0 Å². The van der Waals surface area contributed by atoms with E-state index in [0.29, 0.717) is 0 Å². The predicted octanol–water partition coefficient (Wildman–Crippen LogP) is 2.31. The van der Waals surface area contributed by atoms with Crippen LogP contribution in [0.25, 0.3) is 0 Å². The lowest BCUT2D eigenvalue weighted by Crippen LogP contribution is -2.29. The summed E-state index contributed by atoms with van der Waals surface area (Å²) in [7, 11) is -2.00. The maximum atomic E-state index is 3.72. The van der Waals surface area contributed by atoms with E-state index in [9.17, 15) is 0 Å². The third kappa shape index (κ3) is 3.70. The highest BCUT2D eigenvalue weighted by Crippen LogP contribution is 2.06. The van der Waals surface area contributed by atoms with Crippen molar-refractivity contribution in [1.82, 2.24) is 0 Å². The molecule has 0 aromatic carbocycles. The second-order valence-corrected chi connectivity index (χ2v) is 5.49. The predicted molar refractivity (Wildman–Crippen MR) is 61.1 cm³/mol. The van der Waals surface area contributed by atoms with Crippen molar-refractivity contribution in [3.8, 4) is 34.4 Å². The van der Waals surface area contributed by atoms with E-state index >= 15 is 0 Å². The van der Waals surface area contributed by atoms with Crippen LogP contribution in [0.1, 0.15) is 20.8 Å². The molecule has 0 rings (SSSR count). The Morgan fingerprint density at radius 2 is 1.38 bits per heavy atom. The lowest BCUT2D eigenvalue weighted by molar-refractivity contribution is 1.66. The third-order valence-corrected chi connectivity index (χ3v) is 4.40. The Morgan fingerprint density at radius 3 is 1.62 bits per heavy atom. The molecule has 66 valence electrons. The van der Waals surface area contributed by atoms with Crippen LogP contribution in [-0.4, -0.2) is 8.07 Å². The first-order valence-electron chi connectivity index (χ1n) is 4.17. The molecule has 13 heavy (non-hydrogen) atoms. The standard InChI is InChI=1S/C12H14Si/c1-5-9-13(10-6-2,11-7-3)12-8-4/h5H,1,9H2,2-4H3. The molecule has 0 atom stereocenters. The smallest absolute Gasteiger partial charge is 0.111 e. The second-order valence-electron chi connectivity index (χ2n) is 2.52. The summed E-state index contributed by atoms with van der Waals surface area (Å²) >= 11 is 0. The summed E-state index contributed by atoms with van der Waals surface area (Å²) in [5, 5.41) is 0. The van der Waals surface area contributed by atoms with E-state index in [1.807, 2.05) is 26.8 Å². The number of rotatable bonds is 2. The summed E-state index contributed by atoms with van der Waals surface area (Å²) in [4.78, 5) is 0. The van der Waals surface area contributed by atoms with Gasteiger partial charge in [-0.3, -0.25) is 0 Å². The molecule has 0 aliphatic heterocycles. The molecule has 0 aliphatic rings. The van der Waals surface area contributed by atoms with Gasteiger partial charge in [0.15, 0.2) is 0 Å². The lowest BCUT2D eigenvalue weighted by Gasteiger charge is -2.08. The molecular weight excluding hydrogens is 172 g/mol. The molecule has 0 aliphatic carbocycles. The molecule has 0 bridgehead atoms. The van der Waals surface area contributed by atoms with Gasteiger partial charge in [0.05, 0.1) is 0 Å². The Morgan fingerprint density at radius 1 is 1.00 bits per heavy atom. The van der Waals surface area contributed by atoms with Gasteiger partial charge in [0, 0.05) is 0 Å². The first-order valence-corrected chi connectivity index (χ1v) is 6.38. The fourth-order valence-corrected chi connectivity index (χ4v) is 3.31. The van der Waals surface area contributed by atoms with Crippen molar-refractivity contribution >= 4 is 8.07 Å². The second kappa shape index (κ2) is 6.19. The SMILES string of the molecule is C=CC[Si](C#CC)(C#CC)C#CC. The number of hydrogen-bond acceptors (Lipinski definition) is 0. The van der Waals surface area contributed by atoms with Crippen LogP contribution in [0.5, 0.6) is 0 Å². The lowest BCUT2D eigenvalue weighted by atomic mass is 10.8. The monoisotopic (exact) mass is 186 g/mol. The molecule has 0 radical (unpaired) electrons. The largest absolute Gasteiger partial charge is 0.294 e. The Labute approximate surface area is 82.4 Å². The molecular formula is C12H14Si. The molecule has 0 nitrogen and oxygen atoms in total. The van der Waals surface area contributed by atoms with Gasteiger partial charge in [-0.15, -0.1) is 41.0 Å². The minimum atomic E-state index is -2.00. The first kappa shape index (κ1) is 11.6. The zero-order valence-electron chi connectivity index (χ0n) is 8.49. The molecule has 0 fully saturated rings. The van der Waals surface area contributed by atoms with Crippen LogP contribution >= 0.6 is 0 Å². The van der Waals surface area contributed by atoms with Gasteiger partial charge in [0.2, 0.25) is 0 Å². The van der Waals surface area contributed by atoms with E-state index in [0.717, 1.165) is 6.04 Å². The molecule has 1 heteroatoms. The van der Waals surface area contributed by atoms with E-state index in [-0.39, 0.29) is 0 Å². The molecule has 0 unspecified atom stereocenters. The highest BCUT2D eigenvalue weighted by atomic mass is 28.3. The van der Waals surface area contributed by atoms with Crippen LogP contribution in [0.3, 0.4) is 0 Å². The van der Waals surface area contributed by atoms with Crippen LogP contribution in [0.2, 0.25) is 6.04 Å². The van der Waals surface area contributed by atoms with Crippen molar-refractivity contribution in [2.45, 2.75) is 26.8 Å². The van der Waals surface area contributed by atoms with Gasteiger partial charge in [-0.05, 0) is 26.8 Å². The van der Waals surface area contributed by atoms with E-state index in [4.69, 9.17) is 0 Å². The van der Waals surface area contributed by atoms with Crippen LogP contribution in [0.4, 0.5) is 0 Å². The van der Waals surface area contributed by atoms with E-state index < -0.39 is 8.07 Å². The number of hydrogen-bond donors (Lipinski definition) is 0. The minimum absolute atomic E-state index is 0.829. The van der Waals surface area contributed by atoms with Crippen molar-refractivity contribution < 1.29 is 0 Å². The Balaban J connectivity index is 5.15. The van der Waals surface area contributed by atoms with Gasteiger partial charge in [-0.1, -0.05) is 6.08 Å². The summed E-state index contributed by atoms with van der Waals surface area (Å²) in [6.07, 6.45) is 1.87. The van der Waals surface area contributed by atoms with Gasteiger partial charge in [-0.25, -0.2) is 0 Å². The van der Waals surface area contributed by atoms with Crippen molar-refractivity contribution in [2.24, 2.45) is 0 Å². The quantitative estimate of drug-likeness (QED) is 0.353. The van der Waals surface area contributed by atoms with E-state index in [1.54, 1.807) is 0 Å². The zero-order chi connectivity index (χ0) is 10.2. The van der Waals surface area contributed by atoms with Gasteiger partial charge in [0.25, 0.3) is 8.07 Å². The highest BCUT2D eigenvalue weighted by molar-refractivity contribution is 7.01. The molecule has 0 aromatic rings. The summed E-state index contributed by atoms with van der Waals surface area (Å²) in [5.74, 6) is 8.77. The van der Waals surface area contributed by atoms with E-state index in [2.05, 4.69) is 41.0 Å². The molecule has 0 saturated heterocycles. The third-order valence-electron chi connectivity index (χ3n) is 1.47. The van der Waals surface area contributed by atoms with Crippen LogP contribution in [0.15, 0.2) is 12.7 Å². The highest BCUT2D eigenvalue weighted by Gasteiger charge is 2.25. The Hall–Kier alpha value is -1.36. The molecule has 0 N–H and O–H groups in total. The van der Waals surface area contributed by atoms with Crippen molar-refractivity contribution in [2.75, 3.05) is 0 Å². The molecule has 0 amide bonds. The van der Waals surface area contributed by atoms with Crippen molar-refractivity contribution in [3.05, 3.63) is 12.7 Å². The number of allylic oxidation sites excluding steroid dienone is 1. The molecule has 0 heterocycles. The molecule has 0 spiro atoms. The summed E-state index contributed by atoms with van der Waals surface area (Å²) in [5.41, 5.74) is 9.51. The van der Waals surface area contributed by atoms with Gasteiger partial charge < -0.3 is 0 Å². The topological polar surface area (TPSA) is 0 Å². The zero-order valence-corrected chi connectivity index (χ0v) is 9.49. The van der Waals surface area contributed by atoms with Crippen molar-refractivity contribution in [3.63, 3.8) is 0 Å². The van der Waals surface area contributed by atoms with Crippen LogP contribution in [-0.2, 0) is 0 Å². The summed E-state index contributed by atoms with van der Waals surface area (Å²) in [6.45, 7) is 9.22. The fourth-order valence-electron chi connectivity index (χ4n) is 1.10. The fraction of sp³-hybridized carbons (Fsp3) is 0.333. The average molecular weight is 186 g/mol. The van der Waals surface area contributed by atoms with Crippen molar-refractivity contribution in [1.29, 1.82) is 0 Å². The summed E-state index contributed by atoms with van der Waals surface area (Å²) in [6, 6.07) is 0.829. The normalized spacial score (nSPS) is 7.92. The molecule has 0 saturated carbocycles. The van der Waals surface area contributed by atoms with Crippen LogP contribution in [0, 0.1) is 34.4 Å². The Kier molecular flexibility index (Phi) is 5.54. The maximum Gasteiger partial charge on any atom is 0.294 e. The minimum Gasteiger partial charge on any atom is -0.111 e. The average Bonchev–Trinajstić information content (AvgIpc) is 2.06. The van der Waals surface area contributed by atoms with E-state index in [1.165, 1.54) is 0 Å².